The van der Waals surface area contributed by atoms with Gasteiger partial charge in [0.2, 0.25) is 11.8 Å². The molecule has 3 heterocycles. The van der Waals surface area contributed by atoms with Crippen LogP contribution in [0.4, 0.5) is 11.4 Å². The fraction of sp³-hybridized carbons (Fsp3) is 0.171. The maximum Gasteiger partial charge on any atom is 0.338 e. The summed E-state index contributed by atoms with van der Waals surface area (Å²) in [6.07, 6.45) is 0. The molecule has 10 nitrogen and oxygen atoms in total. The second-order valence-corrected chi connectivity index (χ2v) is 14.2. The van der Waals surface area contributed by atoms with Crippen LogP contribution in [0.5, 0.6) is 5.75 Å². The number of ether oxygens (including phenoxy) is 2. The highest BCUT2D eigenvalue weighted by molar-refractivity contribution is 9.10. The first kappa shape index (κ1) is 31.9. The quantitative estimate of drug-likeness (QED) is 0.139. The van der Waals surface area contributed by atoms with E-state index in [1.807, 2.05) is 42.5 Å². The van der Waals surface area contributed by atoms with Crippen LogP contribution >= 0.6 is 39.0 Å². The molecule has 3 amide bonds. The Morgan fingerprint density at radius 3 is 2.48 bits per heavy atom. The predicted molar refractivity (Wildman–Crippen MR) is 187 cm³/mol. The molecule has 2 N–H and O–H groups in total. The molecule has 3 atom stereocenters. The Morgan fingerprint density at radius 1 is 0.938 bits per heavy atom. The molecule has 2 aliphatic heterocycles. The van der Waals surface area contributed by atoms with Crippen LogP contribution in [0.1, 0.15) is 33.6 Å². The third-order valence-corrected chi connectivity index (χ3v) is 11.1. The first-order valence-corrected chi connectivity index (χ1v) is 17.5. The number of hydrogen-bond donors (Lipinski definition) is 2. The minimum absolute atomic E-state index is 0.217. The molecule has 0 saturated carbocycles. The van der Waals surface area contributed by atoms with Gasteiger partial charge in [-0.15, -0.1) is 0 Å². The van der Waals surface area contributed by atoms with Gasteiger partial charge >= 0.3 is 10.8 Å². The highest BCUT2D eigenvalue weighted by Crippen LogP contribution is 2.54. The van der Waals surface area contributed by atoms with Crippen LogP contribution in [-0.4, -0.2) is 47.1 Å². The summed E-state index contributed by atoms with van der Waals surface area (Å²) in [6.45, 7) is 1.60. The monoisotopic (exact) mass is 743 g/mol. The number of hydrogen-bond acceptors (Lipinski definition) is 9. The van der Waals surface area contributed by atoms with Crippen molar-refractivity contribution in [2.24, 2.45) is 5.92 Å². The number of H-pyrrole nitrogens is 1. The Morgan fingerprint density at radius 2 is 1.71 bits per heavy atom. The van der Waals surface area contributed by atoms with Crippen molar-refractivity contribution in [3.63, 3.8) is 0 Å². The van der Waals surface area contributed by atoms with E-state index in [1.165, 1.54) is 12.1 Å². The number of fused-ring (bicyclic) bond motifs is 3. The largest absolute Gasteiger partial charge is 0.483 e. The second-order valence-electron chi connectivity index (χ2n) is 11.1. The molecule has 2 aliphatic rings. The van der Waals surface area contributed by atoms with Crippen molar-refractivity contribution in [3.05, 3.63) is 115 Å². The van der Waals surface area contributed by atoms with Crippen molar-refractivity contribution in [2.75, 3.05) is 23.4 Å². The lowest BCUT2D eigenvalue weighted by Gasteiger charge is -2.31. The molecule has 242 valence electrons. The highest BCUT2D eigenvalue weighted by atomic mass is 79.9. The summed E-state index contributed by atoms with van der Waals surface area (Å²) < 4.78 is 11.8. The van der Waals surface area contributed by atoms with E-state index in [-0.39, 0.29) is 24.0 Å². The van der Waals surface area contributed by atoms with Crippen LogP contribution in [0.2, 0.25) is 0 Å². The van der Waals surface area contributed by atoms with Crippen molar-refractivity contribution in [3.8, 4) is 5.75 Å². The van der Waals surface area contributed by atoms with E-state index in [1.54, 1.807) is 37.3 Å². The predicted octanol–water partition coefficient (Wildman–Crippen LogP) is 6.34. The number of aromatic amines is 1. The molecule has 1 aromatic heterocycles. The zero-order chi connectivity index (χ0) is 33.5. The molecule has 7 rings (SSSR count). The first-order valence-electron chi connectivity index (χ1n) is 15.0. The Hall–Kier alpha value is -4.72. The third-order valence-electron chi connectivity index (χ3n) is 8.16. The normalized spacial score (nSPS) is 18.4. The standard InChI is InChI=1S/C35H26BrN3O7S2/c1-2-45-34(43)19-8-12-23(13-9-19)39-32(41)28-27(29-31(38-35(44)48-29)47-30(28)33(39)42)24-16-21(36)10-14-25(24)46-17-26(40)37-22-11-7-18-5-3-4-6-20(18)15-22/h3-16,27-28,30H,2,17H2,1H3,(H,37,40)(H,38,44)/t27-,28?,30?/m1/s1. The molecule has 1 saturated heterocycles. The number of esters is 1. The summed E-state index contributed by atoms with van der Waals surface area (Å²) in [4.78, 5) is 70.2. The van der Waals surface area contributed by atoms with Gasteiger partial charge in [0.25, 0.3) is 5.91 Å². The van der Waals surface area contributed by atoms with Gasteiger partial charge in [0.1, 0.15) is 11.0 Å². The molecule has 0 spiro atoms. The molecule has 0 aliphatic carbocycles. The smallest absolute Gasteiger partial charge is 0.338 e. The van der Waals surface area contributed by atoms with E-state index >= 15 is 0 Å². The molecular weight excluding hydrogens is 718 g/mol. The average Bonchev–Trinajstić information content (AvgIpc) is 3.58. The van der Waals surface area contributed by atoms with E-state index in [0.29, 0.717) is 42.6 Å². The maximum atomic E-state index is 14.2. The Kier molecular flexibility index (Phi) is 8.67. The average molecular weight is 745 g/mol. The van der Waals surface area contributed by atoms with Gasteiger partial charge in [-0.05, 0) is 72.3 Å². The zero-order valence-corrected chi connectivity index (χ0v) is 28.4. The number of rotatable bonds is 8. The summed E-state index contributed by atoms with van der Waals surface area (Å²) in [5.41, 5.74) is 1.79. The summed E-state index contributed by atoms with van der Waals surface area (Å²) >= 11 is 5.66. The van der Waals surface area contributed by atoms with Crippen LogP contribution in [0.3, 0.4) is 0 Å². The van der Waals surface area contributed by atoms with Crippen LogP contribution in [0, 0.1) is 5.92 Å². The molecule has 4 aromatic carbocycles. The molecule has 0 bridgehead atoms. The van der Waals surface area contributed by atoms with Gasteiger partial charge in [-0.2, -0.15) is 0 Å². The SMILES string of the molecule is CCOC(=O)c1ccc(N2C(=O)C3Sc4[nH]c(=O)sc4[C@H](c4cc(Br)ccc4OCC(=O)Nc4ccc5ccccc5c4)C3C2=O)cc1. The van der Waals surface area contributed by atoms with Gasteiger partial charge in [-0.25, -0.2) is 9.69 Å². The van der Waals surface area contributed by atoms with Crippen LogP contribution in [0.15, 0.2) is 99.2 Å². The molecule has 0 radical (unpaired) electrons. The number of amides is 3. The lowest BCUT2D eigenvalue weighted by molar-refractivity contribution is -0.122. The minimum Gasteiger partial charge on any atom is -0.483 e. The van der Waals surface area contributed by atoms with Gasteiger partial charge in [-0.1, -0.05) is 69.4 Å². The van der Waals surface area contributed by atoms with E-state index in [4.69, 9.17) is 9.47 Å². The Balaban J connectivity index is 1.19. The Bertz CT molecular complexity index is 2160. The second kappa shape index (κ2) is 13.1. The minimum atomic E-state index is -0.880. The molecule has 2 unspecified atom stereocenters. The number of nitrogens with one attached hydrogen (secondary N) is 2. The number of thioether (sulfide) groups is 1. The van der Waals surface area contributed by atoms with Gasteiger partial charge in [0.05, 0.1) is 28.8 Å². The van der Waals surface area contributed by atoms with E-state index in [2.05, 4.69) is 26.2 Å². The number of aromatic nitrogens is 1. The lowest BCUT2D eigenvalue weighted by Crippen LogP contribution is -2.32. The van der Waals surface area contributed by atoms with Crippen LogP contribution in [0.25, 0.3) is 10.8 Å². The van der Waals surface area contributed by atoms with Gasteiger partial charge < -0.3 is 19.8 Å². The third kappa shape index (κ3) is 5.93. The van der Waals surface area contributed by atoms with Crippen molar-refractivity contribution in [1.29, 1.82) is 0 Å². The summed E-state index contributed by atoms with van der Waals surface area (Å²) in [5, 5.41) is 4.57. The summed E-state index contributed by atoms with van der Waals surface area (Å²) in [6, 6.07) is 24.8. The number of imide groups is 1. The summed E-state index contributed by atoms with van der Waals surface area (Å²) in [5.74, 6) is -3.04. The fourth-order valence-electron chi connectivity index (χ4n) is 6.07. The van der Waals surface area contributed by atoms with Gasteiger partial charge in [0, 0.05) is 26.5 Å². The van der Waals surface area contributed by atoms with Crippen molar-refractivity contribution in [2.45, 2.75) is 23.1 Å². The van der Waals surface area contributed by atoms with Crippen molar-refractivity contribution < 1.29 is 28.7 Å². The number of benzene rings is 4. The molecule has 48 heavy (non-hydrogen) atoms. The Labute approximate surface area is 290 Å². The lowest BCUT2D eigenvalue weighted by atomic mass is 9.82. The molecule has 5 aromatic rings. The van der Waals surface area contributed by atoms with E-state index < -0.39 is 34.9 Å². The van der Waals surface area contributed by atoms with E-state index in [9.17, 15) is 24.0 Å². The first-order chi connectivity index (χ1) is 23.2. The van der Waals surface area contributed by atoms with Crippen molar-refractivity contribution in [1.82, 2.24) is 4.98 Å². The van der Waals surface area contributed by atoms with Gasteiger partial charge in [-0.3, -0.25) is 19.2 Å². The number of nitrogens with zero attached hydrogens (tertiary/aromatic N) is 1. The highest BCUT2D eigenvalue weighted by Gasteiger charge is 2.57. The van der Waals surface area contributed by atoms with Crippen LogP contribution < -0.4 is 19.8 Å². The summed E-state index contributed by atoms with van der Waals surface area (Å²) in [7, 11) is 0. The molecule has 13 heteroatoms. The maximum absolute atomic E-state index is 14.2. The van der Waals surface area contributed by atoms with Crippen molar-refractivity contribution >= 4 is 84.9 Å². The van der Waals surface area contributed by atoms with Crippen LogP contribution in [-0.2, 0) is 19.1 Å². The fourth-order valence-corrected chi connectivity index (χ4v) is 8.95. The molecular formula is C35H26BrN3O7S2. The van der Waals surface area contributed by atoms with Gasteiger partial charge in [0.15, 0.2) is 6.61 Å². The van der Waals surface area contributed by atoms with E-state index in [0.717, 1.165) is 38.8 Å². The number of anilines is 2. The number of carbonyl (C=O) groups excluding carboxylic acids is 4. The molecule has 1 fully saturated rings. The number of halogens is 1. The number of carbonyl (C=O) groups is 4. The zero-order valence-electron chi connectivity index (χ0n) is 25.2. The number of thiazole rings is 1. The topological polar surface area (TPSA) is 135 Å².